The molecule has 0 aliphatic heterocycles. The van der Waals surface area contributed by atoms with Gasteiger partial charge in [-0.3, -0.25) is 9.59 Å². The van der Waals surface area contributed by atoms with E-state index < -0.39 is 22.8 Å². The molecule has 0 aromatic heterocycles. The van der Waals surface area contributed by atoms with Crippen molar-refractivity contribution in [3.8, 4) is 5.75 Å². The van der Waals surface area contributed by atoms with Gasteiger partial charge in [0.15, 0.2) is 0 Å². The number of Topliss-reactive ketones (excluding diaryl/α,β-unsaturated/α-hetero) is 1. The van der Waals surface area contributed by atoms with Gasteiger partial charge < -0.3 is 10.1 Å². The Kier molecular flexibility index (Phi) is 6.16. The number of alkyl halides is 3. The number of amides is 1. The van der Waals surface area contributed by atoms with Gasteiger partial charge in [0.1, 0.15) is 17.1 Å². The first-order chi connectivity index (χ1) is 12.7. The van der Waals surface area contributed by atoms with Crippen LogP contribution in [-0.2, 0) is 22.3 Å². The smallest absolute Gasteiger partial charge is 0.416 e. The van der Waals surface area contributed by atoms with Gasteiger partial charge >= 0.3 is 6.18 Å². The van der Waals surface area contributed by atoms with Crippen LogP contribution in [0, 0.1) is 11.3 Å². The fourth-order valence-corrected chi connectivity index (χ4v) is 3.51. The summed E-state index contributed by atoms with van der Waals surface area (Å²) in [6.07, 6.45) is -3.50. The highest BCUT2D eigenvalue weighted by Crippen LogP contribution is 2.43. The molecule has 0 unspecified atom stereocenters. The van der Waals surface area contributed by atoms with Gasteiger partial charge in [0, 0.05) is 24.9 Å². The van der Waals surface area contributed by atoms with Crippen molar-refractivity contribution in [3.63, 3.8) is 0 Å². The largest absolute Gasteiger partial charge is 0.488 e. The molecule has 1 atom stereocenters. The maximum absolute atomic E-state index is 13.1. The molecule has 0 radical (unpaired) electrons. The van der Waals surface area contributed by atoms with Gasteiger partial charge in [-0.1, -0.05) is 13.8 Å². The average Bonchev–Trinajstić information content (AvgIpc) is 2.94. The van der Waals surface area contributed by atoms with Crippen LogP contribution in [0.5, 0.6) is 5.75 Å². The highest BCUT2D eigenvalue weighted by Gasteiger charge is 2.47. The minimum absolute atomic E-state index is 0.0414. The summed E-state index contributed by atoms with van der Waals surface area (Å²) in [6, 6.07) is 3.26. The zero-order chi connectivity index (χ0) is 21.3. The van der Waals surface area contributed by atoms with Gasteiger partial charge in [-0.25, -0.2) is 0 Å². The minimum Gasteiger partial charge on any atom is -0.488 e. The molecule has 4 nitrogen and oxygen atoms in total. The number of carbonyl (C=O) groups is 2. The molecule has 1 aromatic carbocycles. The second kappa shape index (κ2) is 7.76. The highest BCUT2D eigenvalue weighted by molar-refractivity contribution is 5.93. The molecule has 1 fully saturated rings. The predicted octanol–water partition coefficient (Wildman–Crippen LogP) is 4.89. The second-order valence-corrected chi connectivity index (χ2v) is 8.74. The van der Waals surface area contributed by atoms with E-state index in [1.165, 1.54) is 6.07 Å². The third kappa shape index (κ3) is 5.06. The Morgan fingerprint density at radius 2 is 1.89 bits per heavy atom. The quantitative estimate of drug-likeness (QED) is 0.767. The zero-order valence-corrected chi connectivity index (χ0v) is 17.0. The Labute approximate surface area is 163 Å². The summed E-state index contributed by atoms with van der Waals surface area (Å²) in [6.45, 7) is 9.06. The predicted molar refractivity (Wildman–Crippen MR) is 99.8 cm³/mol. The van der Waals surface area contributed by atoms with E-state index in [4.69, 9.17) is 4.74 Å². The topological polar surface area (TPSA) is 55.4 Å². The fraction of sp³-hybridized carbons (Fsp3) is 0.619. The van der Waals surface area contributed by atoms with E-state index in [9.17, 15) is 22.8 Å². The zero-order valence-electron chi connectivity index (χ0n) is 17.0. The molecule has 1 N–H and O–H groups in total. The Balaban J connectivity index is 2.28. The number of carbonyl (C=O) groups excluding carboxylic acids is 2. The molecule has 2 rings (SSSR count). The molecule has 1 saturated carbocycles. The number of hydrogen-bond acceptors (Lipinski definition) is 3. The van der Waals surface area contributed by atoms with Crippen molar-refractivity contribution in [1.82, 2.24) is 5.32 Å². The number of benzene rings is 1. The maximum Gasteiger partial charge on any atom is 0.416 e. The van der Waals surface area contributed by atoms with Crippen molar-refractivity contribution < 1.29 is 27.5 Å². The molecular weight excluding hydrogens is 371 g/mol. The van der Waals surface area contributed by atoms with E-state index in [0.717, 1.165) is 12.1 Å². The summed E-state index contributed by atoms with van der Waals surface area (Å²) < 4.78 is 45.2. The third-order valence-electron chi connectivity index (χ3n) is 5.16. The number of nitrogens with one attached hydrogen (secondary N) is 1. The van der Waals surface area contributed by atoms with E-state index in [1.807, 2.05) is 13.8 Å². The summed E-state index contributed by atoms with van der Waals surface area (Å²) in [7, 11) is 0. The van der Waals surface area contributed by atoms with Crippen LogP contribution < -0.4 is 10.1 Å². The first kappa shape index (κ1) is 22.2. The number of ketones is 1. The Hall–Kier alpha value is -2.05. The van der Waals surface area contributed by atoms with Crippen LogP contribution in [0.3, 0.4) is 0 Å². The van der Waals surface area contributed by atoms with Crippen molar-refractivity contribution in [3.05, 3.63) is 29.3 Å². The van der Waals surface area contributed by atoms with Gasteiger partial charge in [0.25, 0.3) is 0 Å². The summed E-state index contributed by atoms with van der Waals surface area (Å²) in [5.74, 6) is -0.0141. The number of ether oxygens (including phenoxy) is 1. The van der Waals surface area contributed by atoms with Crippen LogP contribution in [-0.4, -0.2) is 17.3 Å². The van der Waals surface area contributed by atoms with Crippen molar-refractivity contribution in [2.75, 3.05) is 0 Å². The molecule has 0 bridgehead atoms. The van der Waals surface area contributed by atoms with E-state index in [2.05, 4.69) is 5.32 Å². The van der Waals surface area contributed by atoms with Crippen LogP contribution in [0.1, 0.15) is 65.0 Å². The average molecular weight is 399 g/mol. The Morgan fingerprint density at radius 3 is 2.36 bits per heavy atom. The van der Waals surface area contributed by atoms with Crippen LogP contribution in [0.15, 0.2) is 18.2 Å². The monoisotopic (exact) mass is 399 g/mol. The van der Waals surface area contributed by atoms with Crippen molar-refractivity contribution in [2.24, 2.45) is 11.3 Å². The second-order valence-electron chi connectivity index (χ2n) is 8.74. The molecule has 28 heavy (non-hydrogen) atoms. The van der Waals surface area contributed by atoms with Gasteiger partial charge in [0.2, 0.25) is 5.91 Å². The third-order valence-corrected chi connectivity index (χ3v) is 5.16. The lowest BCUT2D eigenvalue weighted by atomic mass is 9.75. The first-order valence-corrected chi connectivity index (χ1v) is 9.44. The molecule has 1 aromatic rings. The molecule has 0 spiro atoms. The summed E-state index contributed by atoms with van der Waals surface area (Å²) in [5, 5.41) is 2.75. The number of hydrogen-bond donors (Lipinski definition) is 1. The van der Waals surface area contributed by atoms with E-state index >= 15 is 0 Å². The van der Waals surface area contributed by atoms with Crippen molar-refractivity contribution in [2.45, 2.75) is 72.2 Å². The Morgan fingerprint density at radius 1 is 1.25 bits per heavy atom. The molecule has 156 valence electrons. The van der Waals surface area contributed by atoms with Crippen LogP contribution in [0.25, 0.3) is 0 Å². The molecule has 7 heteroatoms. The fourth-order valence-electron chi connectivity index (χ4n) is 3.51. The first-order valence-electron chi connectivity index (χ1n) is 9.44. The van der Waals surface area contributed by atoms with Gasteiger partial charge in [-0.05, 0) is 51.3 Å². The lowest BCUT2D eigenvalue weighted by Crippen LogP contribution is -2.42. The summed E-state index contributed by atoms with van der Waals surface area (Å²) in [4.78, 5) is 24.7. The lowest BCUT2D eigenvalue weighted by molar-refractivity contribution is -0.137. The van der Waals surface area contributed by atoms with Crippen molar-refractivity contribution in [1.29, 1.82) is 0 Å². The maximum atomic E-state index is 13.1. The summed E-state index contributed by atoms with van der Waals surface area (Å²) >= 11 is 0. The normalized spacial score (nSPS) is 20.5. The molecular formula is C21H28F3NO3. The van der Waals surface area contributed by atoms with Crippen LogP contribution in [0.4, 0.5) is 13.2 Å². The van der Waals surface area contributed by atoms with Crippen LogP contribution in [0.2, 0.25) is 0 Å². The summed E-state index contributed by atoms with van der Waals surface area (Å²) in [5.41, 5.74) is -1.95. The van der Waals surface area contributed by atoms with E-state index in [0.29, 0.717) is 18.6 Å². The van der Waals surface area contributed by atoms with E-state index in [1.54, 1.807) is 20.8 Å². The molecule has 0 heterocycles. The number of rotatable bonds is 5. The molecule has 1 aliphatic carbocycles. The minimum atomic E-state index is -4.49. The van der Waals surface area contributed by atoms with Crippen LogP contribution >= 0.6 is 0 Å². The molecule has 0 saturated heterocycles. The molecule has 1 amide bonds. The standard InChI is InChI=1S/C21H28F3NO3/c1-13(2)20(9-8-16(26)11-20)18(27)25-12-14-10-15(21(22,23)24)6-7-17(14)28-19(3,4)5/h6-7,10,13H,8-9,11-12H2,1-5H3,(H,25,27)/t20-/m0/s1. The molecule has 1 aliphatic rings. The Bertz CT molecular complexity index is 750. The van der Waals surface area contributed by atoms with Crippen molar-refractivity contribution >= 4 is 11.7 Å². The SMILES string of the molecule is CC(C)[C@]1(C(=O)NCc2cc(C(F)(F)F)ccc2OC(C)(C)C)CCC(=O)C1. The highest BCUT2D eigenvalue weighted by atomic mass is 19.4. The lowest BCUT2D eigenvalue weighted by Gasteiger charge is -2.31. The van der Waals surface area contributed by atoms with Gasteiger partial charge in [-0.2, -0.15) is 13.2 Å². The van der Waals surface area contributed by atoms with Gasteiger partial charge in [0.05, 0.1) is 11.0 Å². The van der Waals surface area contributed by atoms with E-state index in [-0.39, 0.29) is 36.1 Å². The number of halogens is 3. The van der Waals surface area contributed by atoms with Gasteiger partial charge in [-0.15, -0.1) is 0 Å².